The van der Waals surface area contributed by atoms with Gasteiger partial charge in [0.15, 0.2) is 10.1 Å². The Bertz CT molecular complexity index is 1400. The number of hydrogen-bond donors (Lipinski definition) is 0. The second-order valence-corrected chi connectivity index (χ2v) is 18.4. The first kappa shape index (κ1) is 39.8. The van der Waals surface area contributed by atoms with Crippen LogP contribution < -0.4 is 10.6 Å². The Balaban J connectivity index is 0.000000292. The average Bonchev–Trinajstić information content (AvgIpc) is 3.67. The molecule has 2 aliphatic heterocycles. The Hall–Kier alpha value is -1.68. The van der Waals surface area contributed by atoms with E-state index >= 15 is 0 Å². The zero-order valence-electron chi connectivity index (χ0n) is 26.5. The molecule has 0 saturated carbocycles. The summed E-state index contributed by atoms with van der Waals surface area (Å²) < 4.78 is 58.9. The van der Waals surface area contributed by atoms with Crippen LogP contribution in [0.4, 0.5) is 13.2 Å². The standard InChI is InChI=1S/C28H32P2.C8H12.CHF3O3S.Rh/c1-3-11-23(12-4-1)21-25-15-9-19-29(25)27-17-7-8-18-28(27)30-20-10-16-26(30)22-24-13-5-2-6-14-24;1-2-4-6-8-7-5-3-1;2-1(3,4)8(5,6)7;/h1-8,11-14,17-18,25-26H,9-10,15-16,19-22H2;1-2,7-8H,3-6H2;(H,5,6,7);/p-1/b;2-1-,8-7-;;/t25-,26-,29-,30-;;;/m1.../s1. The van der Waals surface area contributed by atoms with Crippen molar-refractivity contribution in [3.05, 3.63) is 120 Å². The quantitative estimate of drug-likeness (QED) is 0.0823. The summed E-state index contributed by atoms with van der Waals surface area (Å²) in [7, 11) is -6.14. The first-order valence-electron chi connectivity index (χ1n) is 16.2. The smallest absolute Gasteiger partial charge is 0.485 e. The third kappa shape index (κ3) is 12.9. The second kappa shape index (κ2) is 20.1. The van der Waals surface area contributed by atoms with Crippen molar-refractivity contribution < 1.29 is 45.6 Å². The number of rotatable bonds is 6. The van der Waals surface area contributed by atoms with Crippen molar-refractivity contribution in [1.29, 1.82) is 0 Å². The van der Waals surface area contributed by atoms with Crippen LogP contribution in [0.1, 0.15) is 62.5 Å². The van der Waals surface area contributed by atoms with Gasteiger partial charge in [0.25, 0.3) is 0 Å². The predicted octanol–water partition coefficient (Wildman–Crippen LogP) is 9.43. The van der Waals surface area contributed by atoms with Crippen LogP contribution in [0.25, 0.3) is 0 Å². The van der Waals surface area contributed by atoms with E-state index in [1.807, 2.05) is 0 Å². The van der Waals surface area contributed by atoms with Gasteiger partial charge in [-0.3, -0.25) is 0 Å². The summed E-state index contributed by atoms with van der Waals surface area (Å²) in [6.07, 6.45) is 25.1. The molecule has 6 rings (SSSR count). The monoisotopic (exact) mass is 790 g/mol. The molecule has 0 aromatic heterocycles. The normalized spacial score (nSPS) is 23.8. The number of alkyl halides is 3. The molecule has 1 radical (unpaired) electrons. The van der Waals surface area contributed by atoms with Gasteiger partial charge in [-0.2, -0.15) is 13.2 Å². The van der Waals surface area contributed by atoms with Gasteiger partial charge in [0, 0.05) is 19.5 Å². The van der Waals surface area contributed by atoms with Crippen LogP contribution in [-0.2, 0) is 42.4 Å². The summed E-state index contributed by atoms with van der Waals surface area (Å²) in [6, 6.07) is 32.1. The fourth-order valence-electron chi connectivity index (χ4n) is 6.31. The molecular weight excluding hydrogens is 746 g/mol. The summed E-state index contributed by atoms with van der Waals surface area (Å²) in [5.74, 6) is 0. The fraction of sp³-hybridized carbons (Fsp3) is 0.405. The van der Waals surface area contributed by atoms with Crippen molar-refractivity contribution in [2.75, 3.05) is 12.3 Å². The van der Waals surface area contributed by atoms with E-state index in [1.54, 1.807) is 10.6 Å². The molecular formula is C37H44F3O3P2RhS-. The third-order valence-electron chi connectivity index (χ3n) is 8.50. The molecule has 3 aliphatic rings. The minimum Gasteiger partial charge on any atom is -0.741 e. The summed E-state index contributed by atoms with van der Waals surface area (Å²) in [6.45, 7) is 0. The van der Waals surface area contributed by atoms with Crippen LogP contribution in [0.3, 0.4) is 0 Å². The van der Waals surface area contributed by atoms with Crippen molar-refractivity contribution in [2.45, 2.75) is 81.0 Å². The van der Waals surface area contributed by atoms with Crippen LogP contribution in [0.15, 0.2) is 109 Å². The summed E-state index contributed by atoms with van der Waals surface area (Å²) in [4.78, 5) is 0. The number of allylic oxidation sites excluding steroid dienone is 4. The van der Waals surface area contributed by atoms with Crippen molar-refractivity contribution in [1.82, 2.24) is 0 Å². The van der Waals surface area contributed by atoms with Crippen LogP contribution >= 0.6 is 15.8 Å². The Morgan fingerprint density at radius 3 is 1.26 bits per heavy atom. The molecule has 2 saturated heterocycles. The topological polar surface area (TPSA) is 57.2 Å². The summed E-state index contributed by atoms with van der Waals surface area (Å²) >= 11 is 0. The molecule has 3 nitrogen and oxygen atoms in total. The molecule has 0 spiro atoms. The van der Waals surface area contributed by atoms with Crippen molar-refractivity contribution in [3.8, 4) is 0 Å². The minimum atomic E-state index is -6.09. The maximum absolute atomic E-state index is 10.7. The summed E-state index contributed by atoms with van der Waals surface area (Å²) in [5.41, 5.74) is -0.846. The van der Waals surface area contributed by atoms with Gasteiger partial charge in [-0.05, 0) is 110 Å². The molecule has 47 heavy (non-hydrogen) atoms. The Morgan fingerprint density at radius 1 is 0.617 bits per heavy atom. The van der Waals surface area contributed by atoms with Gasteiger partial charge in [0.2, 0.25) is 0 Å². The van der Waals surface area contributed by atoms with E-state index in [2.05, 4.69) is 109 Å². The molecule has 0 amide bonds. The van der Waals surface area contributed by atoms with E-state index in [9.17, 15) is 13.2 Å². The first-order valence-corrected chi connectivity index (χ1v) is 20.8. The van der Waals surface area contributed by atoms with Crippen LogP contribution in [0.2, 0.25) is 0 Å². The Kier molecular flexibility index (Phi) is 17.0. The Morgan fingerprint density at radius 2 is 0.936 bits per heavy atom. The van der Waals surface area contributed by atoms with E-state index in [0.29, 0.717) is 0 Å². The van der Waals surface area contributed by atoms with Gasteiger partial charge in [0.1, 0.15) is 0 Å². The zero-order valence-corrected chi connectivity index (χ0v) is 30.8. The molecule has 1 aliphatic carbocycles. The molecule has 3 aromatic carbocycles. The molecule has 0 bridgehead atoms. The number of hydrogen-bond acceptors (Lipinski definition) is 3. The SMILES string of the molecule is C1=C\CC/C=C\CC/1.O=S(=O)([O-])C(F)(F)F.[Rh].c1ccc(C[C@H]2CCC[P@@]2c2ccccc2[P@]2CCC[C@@H]2Cc2ccccc2)cc1. The summed E-state index contributed by atoms with van der Waals surface area (Å²) in [5, 5.41) is 3.55. The minimum absolute atomic E-state index is 0. The molecule has 4 atom stereocenters. The predicted molar refractivity (Wildman–Crippen MR) is 188 cm³/mol. The zero-order chi connectivity index (χ0) is 32.8. The molecule has 10 heteroatoms. The van der Waals surface area contributed by atoms with E-state index in [1.165, 1.54) is 87.7 Å². The van der Waals surface area contributed by atoms with Gasteiger partial charge in [-0.25, -0.2) is 8.42 Å². The van der Waals surface area contributed by atoms with Gasteiger partial charge >= 0.3 is 5.51 Å². The van der Waals surface area contributed by atoms with E-state index in [0.717, 1.165) is 11.3 Å². The molecule has 3 aromatic rings. The van der Waals surface area contributed by atoms with Gasteiger partial charge < -0.3 is 4.55 Å². The largest absolute Gasteiger partial charge is 0.741 e. The fourth-order valence-corrected chi connectivity index (χ4v) is 13.3. The van der Waals surface area contributed by atoms with Crippen LogP contribution in [0, 0.1) is 0 Å². The van der Waals surface area contributed by atoms with Gasteiger partial charge in [-0.15, -0.1) is 0 Å². The first-order chi connectivity index (χ1) is 22.1. The maximum atomic E-state index is 10.7. The van der Waals surface area contributed by atoms with E-state index < -0.39 is 15.6 Å². The average molecular weight is 791 g/mol. The Labute approximate surface area is 294 Å². The van der Waals surface area contributed by atoms with Crippen LogP contribution in [-0.4, -0.2) is 42.1 Å². The van der Waals surface area contributed by atoms with E-state index in [4.69, 9.17) is 13.0 Å². The van der Waals surface area contributed by atoms with Crippen molar-refractivity contribution >= 4 is 36.6 Å². The number of halogens is 3. The molecule has 2 heterocycles. The number of benzene rings is 3. The molecule has 0 unspecified atom stereocenters. The van der Waals surface area contributed by atoms with Crippen molar-refractivity contribution in [2.24, 2.45) is 0 Å². The molecule has 0 N–H and O–H groups in total. The van der Waals surface area contributed by atoms with Crippen molar-refractivity contribution in [3.63, 3.8) is 0 Å². The third-order valence-corrected chi connectivity index (χ3v) is 15.5. The second-order valence-electron chi connectivity index (χ2n) is 11.8. The van der Waals surface area contributed by atoms with Gasteiger partial charge in [-0.1, -0.05) is 125 Å². The van der Waals surface area contributed by atoms with Crippen LogP contribution in [0.5, 0.6) is 0 Å². The van der Waals surface area contributed by atoms with Gasteiger partial charge in [0.05, 0.1) is 0 Å². The maximum Gasteiger partial charge on any atom is 0.485 e. The molecule has 257 valence electrons. The van der Waals surface area contributed by atoms with E-state index in [-0.39, 0.29) is 35.3 Å². The molecule has 2 fully saturated rings.